The molecule has 90 valence electrons. The number of aromatic amines is 1. The second-order valence-corrected chi connectivity index (χ2v) is 5.25. The Morgan fingerprint density at radius 1 is 1.17 bits per heavy atom. The van der Waals surface area contributed by atoms with Gasteiger partial charge in [0.2, 0.25) is 0 Å². The summed E-state index contributed by atoms with van der Waals surface area (Å²) in [6.45, 7) is 2.06. The Hall–Kier alpha value is -1.81. The zero-order chi connectivity index (χ0) is 12.7. The van der Waals surface area contributed by atoms with Gasteiger partial charge >= 0.3 is 0 Å². The molecule has 2 aromatic carbocycles. The standard InChI is InChI=1S/C14H12BrN3/c1-8-2-5-12-13(6-8)18-14(17-12)10-7-9(15)3-4-11(10)16/h2-7H,16H2,1H3,(H,17,18). The molecule has 3 N–H and O–H groups in total. The molecule has 3 aromatic rings. The molecule has 0 aliphatic heterocycles. The molecule has 4 heteroatoms. The maximum Gasteiger partial charge on any atom is 0.140 e. The smallest absolute Gasteiger partial charge is 0.140 e. The lowest BCUT2D eigenvalue weighted by molar-refractivity contribution is 1.33. The molecule has 0 aliphatic rings. The van der Waals surface area contributed by atoms with Crippen LogP contribution in [0.1, 0.15) is 5.56 Å². The van der Waals surface area contributed by atoms with Gasteiger partial charge in [-0.25, -0.2) is 4.98 Å². The number of H-pyrrole nitrogens is 1. The molecule has 0 saturated carbocycles. The van der Waals surface area contributed by atoms with Gasteiger partial charge in [-0.1, -0.05) is 22.0 Å². The molecule has 3 nitrogen and oxygen atoms in total. The van der Waals surface area contributed by atoms with Gasteiger partial charge in [-0.05, 0) is 42.8 Å². The van der Waals surface area contributed by atoms with Gasteiger partial charge in [-0.3, -0.25) is 0 Å². The molecule has 1 aromatic heterocycles. The van der Waals surface area contributed by atoms with Crippen molar-refractivity contribution in [1.82, 2.24) is 9.97 Å². The summed E-state index contributed by atoms with van der Waals surface area (Å²) in [4.78, 5) is 7.88. The topological polar surface area (TPSA) is 54.7 Å². The van der Waals surface area contributed by atoms with Crippen LogP contribution in [0.15, 0.2) is 40.9 Å². The van der Waals surface area contributed by atoms with Gasteiger partial charge in [0.05, 0.1) is 11.0 Å². The van der Waals surface area contributed by atoms with Crippen molar-refractivity contribution in [3.8, 4) is 11.4 Å². The Balaban J connectivity index is 2.22. The second-order valence-electron chi connectivity index (χ2n) is 4.34. The van der Waals surface area contributed by atoms with E-state index in [2.05, 4.69) is 45.0 Å². The van der Waals surface area contributed by atoms with Crippen LogP contribution in [-0.4, -0.2) is 9.97 Å². The maximum absolute atomic E-state index is 5.99. The number of hydrogen-bond acceptors (Lipinski definition) is 2. The highest BCUT2D eigenvalue weighted by Crippen LogP contribution is 2.28. The van der Waals surface area contributed by atoms with Crippen LogP contribution in [0.2, 0.25) is 0 Å². The van der Waals surface area contributed by atoms with Crippen LogP contribution in [-0.2, 0) is 0 Å². The van der Waals surface area contributed by atoms with E-state index in [0.717, 1.165) is 26.9 Å². The van der Waals surface area contributed by atoms with Crippen molar-refractivity contribution in [2.24, 2.45) is 0 Å². The van der Waals surface area contributed by atoms with Crippen molar-refractivity contribution in [3.63, 3.8) is 0 Å². The van der Waals surface area contributed by atoms with E-state index in [1.165, 1.54) is 5.56 Å². The minimum atomic E-state index is 0.717. The number of benzene rings is 2. The molecule has 18 heavy (non-hydrogen) atoms. The van der Waals surface area contributed by atoms with Gasteiger partial charge in [-0.2, -0.15) is 0 Å². The Bertz CT molecular complexity index is 731. The maximum atomic E-state index is 5.99. The largest absolute Gasteiger partial charge is 0.398 e. The highest BCUT2D eigenvalue weighted by Gasteiger charge is 2.08. The lowest BCUT2D eigenvalue weighted by atomic mass is 10.2. The summed E-state index contributed by atoms with van der Waals surface area (Å²) in [6.07, 6.45) is 0. The number of nitrogen functional groups attached to an aromatic ring is 1. The number of imidazole rings is 1. The fourth-order valence-electron chi connectivity index (χ4n) is 1.98. The Labute approximate surface area is 113 Å². The first-order valence-corrected chi connectivity index (χ1v) is 6.44. The molecule has 0 saturated heterocycles. The van der Waals surface area contributed by atoms with Crippen molar-refractivity contribution in [2.75, 3.05) is 5.73 Å². The highest BCUT2D eigenvalue weighted by molar-refractivity contribution is 9.10. The summed E-state index contributed by atoms with van der Waals surface area (Å²) in [5.41, 5.74) is 10.8. The molecular formula is C14H12BrN3. The molecular weight excluding hydrogens is 290 g/mol. The summed E-state index contributed by atoms with van der Waals surface area (Å²) in [5.74, 6) is 0.800. The summed E-state index contributed by atoms with van der Waals surface area (Å²) in [5, 5.41) is 0. The quantitative estimate of drug-likeness (QED) is 0.670. The average molecular weight is 302 g/mol. The number of rotatable bonds is 1. The lowest BCUT2D eigenvalue weighted by Gasteiger charge is -2.02. The third-order valence-corrected chi connectivity index (χ3v) is 3.40. The summed E-state index contributed by atoms with van der Waals surface area (Å²) in [6, 6.07) is 11.9. The normalized spacial score (nSPS) is 11.0. The van der Waals surface area contributed by atoms with Gasteiger partial charge in [0.15, 0.2) is 0 Å². The van der Waals surface area contributed by atoms with Crippen LogP contribution in [0.3, 0.4) is 0 Å². The Morgan fingerprint density at radius 2 is 2.00 bits per heavy atom. The first-order valence-electron chi connectivity index (χ1n) is 5.65. The van der Waals surface area contributed by atoms with Crippen LogP contribution in [0.4, 0.5) is 5.69 Å². The molecule has 0 spiro atoms. The van der Waals surface area contributed by atoms with E-state index in [-0.39, 0.29) is 0 Å². The van der Waals surface area contributed by atoms with E-state index in [9.17, 15) is 0 Å². The van der Waals surface area contributed by atoms with Crippen LogP contribution in [0.25, 0.3) is 22.4 Å². The van der Waals surface area contributed by atoms with Gasteiger partial charge in [0.1, 0.15) is 5.82 Å². The van der Waals surface area contributed by atoms with Crippen LogP contribution >= 0.6 is 15.9 Å². The fourth-order valence-corrected chi connectivity index (χ4v) is 2.35. The van der Waals surface area contributed by atoms with Gasteiger partial charge in [-0.15, -0.1) is 0 Å². The summed E-state index contributed by atoms with van der Waals surface area (Å²) < 4.78 is 0.989. The molecule has 0 atom stereocenters. The van der Waals surface area contributed by atoms with Crippen molar-refractivity contribution in [1.29, 1.82) is 0 Å². The van der Waals surface area contributed by atoms with E-state index >= 15 is 0 Å². The van der Waals surface area contributed by atoms with Crippen LogP contribution in [0.5, 0.6) is 0 Å². The number of nitrogens with two attached hydrogens (primary N) is 1. The second kappa shape index (κ2) is 4.14. The molecule has 0 fully saturated rings. The Kier molecular flexibility index (Phi) is 2.59. The summed E-state index contributed by atoms with van der Waals surface area (Å²) >= 11 is 3.45. The molecule has 0 amide bonds. The number of aryl methyl sites for hydroxylation is 1. The van der Waals surface area contributed by atoms with E-state index in [4.69, 9.17) is 5.73 Å². The van der Waals surface area contributed by atoms with E-state index < -0.39 is 0 Å². The molecule has 0 unspecified atom stereocenters. The fraction of sp³-hybridized carbons (Fsp3) is 0.0714. The van der Waals surface area contributed by atoms with Crippen molar-refractivity contribution in [2.45, 2.75) is 6.92 Å². The number of halogens is 1. The minimum absolute atomic E-state index is 0.717. The van der Waals surface area contributed by atoms with Crippen molar-refractivity contribution >= 4 is 32.7 Å². The highest BCUT2D eigenvalue weighted by atomic mass is 79.9. The molecule has 3 rings (SSSR count). The van der Waals surface area contributed by atoms with Gasteiger partial charge in [0, 0.05) is 15.7 Å². The van der Waals surface area contributed by atoms with Crippen LogP contribution in [0, 0.1) is 6.92 Å². The van der Waals surface area contributed by atoms with E-state index in [1.807, 2.05) is 24.3 Å². The zero-order valence-electron chi connectivity index (χ0n) is 9.87. The molecule has 0 aliphatic carbocycles. The predicted octanol–water partition coefficient (Wildman–Crippen LogP) is 3.88. The summed E-state index contributed by atoms with van der Waals surface area (Å²) in [7, 11) is 0. The van der Waals surface area contributed by atoms with E-state index in [1.54, 1.807) is 0 Å². The van der Waals surface area contributed by atoms with Crippen LogP contribution < -0.4 is 5.73 Å². The number of nitrogens with one attached hydrogen (secondary N) is 1. The third kappa shape index (κ3) is 1.88. The lowest BCUT2D eigenvalue weighted by Crippen LogP contribution is -1.91. The molecule has 0 bridgehead atoms. The number of hydrogen-bond donors (Lipinski definition) is 2. The predicted molar refractivity (Wildman–Crippen MR) is 78.4 cm³/mol. The van der Waals surface area contributed by atoms with Crippen molar-refractivity contribution < 1.29 is 0 Å². The third-order valence-electron chi connectivity index (χ3n) is 2.91. The first-order chi connectivity index (χ1) is 8.63. The number of nitrogens with zero attached hydrogens (tertiary/aromatic N) is 1. The SMILES string of the molecule is Cc1ccc2nc(-c3cc(Br)ccc3N)[nH]c2c1. The molecule has 1 heterocycles. The first kappa shape index (κ1) is 11.3. The number of fused-ring (bicyclic) bond motifs is 1. The number of anilines is 1. The Morgan fingerprint density at radius 3 is 2.83 bits per heavy atom. The van der Waals surface area contributed by atoms with Crippen molar-refractivity contribution in [3.05, 3.63) is 46.4 Å². The number of aromatic nitrogens is 2. The average Bonchev–Trinajstić information content (AvgIpc) is 2.74. The van der Waals surface area contributed by atoms with Gasteiger partial charge in [0.25, 0.3) is 0 Å². The minimum Gasteiger partial charge on any atom is -0.398 e. The zero-order valence-corrected chi connectivity index (χ0v) is 11.5. The monoisotopic (exact) mass is 301 g/mol. The van der Waals surface area contributed by atoms with Gasteiger partial charge < -0.3 is 10.7 Å². The van der Waals surface area contributed by atoms with E-state index in [0.29, 0.717) is 5.69 Å². The molecule has 0 radical (unpaired) electrons.